The van der Waals surface area contributed by atoms with E-state index in [0.717, 1.165) is 10.0 Å². The Morgan fingerprint density at radius 3 is 2.33 bits per heavy atom. The van der Waals surface area contributed by atoms with Crippen LogP contribution in [-0.4, -0.2) is 0 Å². The lowest BCUT2D eigenvalue weighted by molar-refractivity contribution is 0.223. The summed E-state index contributed by atoms with van der Waals surface area (Å²) < 4.78 is 1.07. The minimum absolute atomic E-state index is 0.293. The second kappa shape index (κ2) is 3.98. The predicted molar refractivity (Wildman–Crippen MR) is 64.4 cm³/mol. The molecule has 1 aromatic rings. The first-order valence-corrected chi connectivity index (χ1v) is 6.13. The van der Waals surface area contributed by atoms with Crippen molar-refractivity contribution in [3.63, 3.8) is 0 Å². The van der Waals surface area contributed by atoms with E-state index in [2.05, 4.69) is 41.1 Å². The second-order valence-corrected chi connectivity index (χ2v) is 5.36. The Bertz CT molecular complexity index is 386. The molecule has 0 spiro atoms. The number of nitrogens with zero attached hydrogens (tertiary/aromatic N) is 1. The van der Waals surface area contributed by atoms with Gasteiger partial charge in [0.25, 0.3) is 0 Å². The van der Waals surface area contributed by atoms with Crippen LogP contribution in [-0.2, 0) is 5.41 Å². The van der Waals surface area contributed by atoms with Crippen molar-refractivity contribution in [2.75, 3.05) is 0 Å². The van der Waals surface area contributed by atoms with Gasteiger partial charge in [0, 0.05) is 4.47 Å². The van der Waals surface area contributed by atoms with E-state index >= 15 is 0 Å². The van der Waals surface area contributed by atoms with Gasteiger partial charge in [0.05, 0.1) is 11.5 Å². The largest absolute Gasteiger partial charge is 0.197 e. The molecular weight excluding hydrogens is 250 g/mol. The van der Waals surface area contributed by atoms with Gasteiger partial charge in [-0.2, -0.15) is 5.26 Å². The number of rotatable bonds is 2. The highest BCUT2D eigenvalue weighted by Crippen LogP contribution is 2.43. The van der Waals surface area contributed by atoms with Crippen LogP contribution in [0.25, 0.3) is 0 Å². The van der Waals surface area contributed by atoms with E-state index in [1.807, 2.05) is 12.1 Å². The summed E-state index contributed by atoms with van der Waals surface area (Å²) in [6.45, 7) is 2.07. The molecule has 0 amide bonds. The molecule has 2 rings (SSSR count). The lowest BCUT2D eigenvalue weighted by Gasteiger charge is -2.38. The highest BCUT2D eigenvalue weighted by atomic mass is 79.9. The van der Waals surface area contributed by atoms with Crippen LogP contribution in [0.2, 0.25) is 0 Å². The van der Waals surface area contributed by atoms with Gasteiger partial charge >= 0.3 is 0 Å². The molecule has 1 nitrogen and oxygen atoms in total. The number of hydrogen-bond donors (Lipinski definition) is 0. The van der Waals surface area contributed by atoms with Gasteiger partial charge in [0.1, 0.15) is 0 Å². The summed E-state index contributed by atoms with van der Waals surface area (Å²) in [4.78, 5) is 0. The summed E-state index contributed by atoms with van der Waals surface area (Å²) in [7, 11) is 0. The van der Waals surface area contributed by atoms with Crippen molar-refractivity contribution in [3.05, 3.63) is 34.3 Å². The van der Waals surface area contributed by atoms with E-state index in [-0.39, 0.29) is 5.41 Å². The summed E-state index contributed by atoms with van der Waals surface area (Å²) in [6.07, 6.45) is 3.67. The highest BCUT2D eigenvalue weighted by molar-refractivity contribution is 9.10. The molecule has 1 atom stereocenters. The Balaban J connectivity index is 2.33. The number of nitriles is 1. The normalized spacial score (nSPS) is 20.1. The van der Waals surface area contributed by atoms with Crippen molar-refractivity contribution in [2.24, 2.45) is 5.92 Å². The molecule has 0 bridgehead atoms. The first-order chi connectivity index (χ1) is 7.16. The summed E-state index contributed by atoms with van der Waals surface area (Å²) in [6, 6.07) is 10.7. The van der Waals surface area contributed by atoms with Crippen LogP contribution in [0.3, 0.4) is 0 Å². The summed E-state index contributed by atoms with van der Waals surface area (Å²) >= 11 is 3.42. The van der Waals surface area contributed by atoms with Crippen molar-refractivity contribution in [3.8, 4) is 6.07 Å². The Morgan fingerprint density at radius 1 is 1.33 bits per heavy atom. The predicted octanol–water partition coefficient (Wildman–Crippen LogP) is 4.03. The van der Waals surface area contributed by atoms with Crippen molar-refractivity contribution in [1.82, 2.24) is 0 Å². The first-order valence-electron chi connectivity index (χ1n) is 5.34. The van der Waals surface area contributed by atoms with E-state index in [0.29, 0.717) is 5.92 Å². The third-order valence-electron chi connectivity index (χ3n) is 3.60. The summed E-state index contributed by atoms with van der Waals surface area (Å²) in [5.41, 5.74) is 0.858. The molecular formula is C13H14BrN. The maximum Gasteiger partial charge on any atom is 0.0822 e. The fourth-order valence-electron chi connectivity index (χ4n) is 2.17. The number of hydrogen-bond acceptors (Lipinski definition) is 1. The monoisotopic (exact) mass is 263 g/mol. The lowest BCUT2D eigenvalue weighted by Crippen LogP contribution is -2.35. The maximum atomic E-state index is 9.38. The molecule has 78 valence electrons. The van der Waals surface area contributed by atoms with Gasteiger partial charge < -0.3 is 0 Å². The Morgan fingerprint density at radius 2 is 1.93 bits per heavy atom. The quantitative estimate of drug-likeness (QED) is 0.791. The molecule has 15 heavy (non-hydrogen) atoms. The van der Waals surface area contributed by atoms with Crippen molar-refractivity contribution < 1.29 is 0 Å². The van der Waals surface area contributed by atoms with Gasteiger partial charge in [0.15, 0.2) is 0 Å². The molecule has 2 heteroatoms. The zero-order chi connectivity index (χ0) is 10.9. The van der Waals surface area contributed by atoms with Crippen LogP contribution in [0.15, 0.2) is 28.7 Å². The zero-order valence-electron chi connectivity index (χ0n) is 8.83. The summed E-state index contributed by atoms with van der Waals surface area (Å²) in [5.74, 6) is 0.545. The standard InChI is InChI=1S/C13H14BrN/c1-13(9-15,10-3-2-4-10)11-5-7-12(14)8-6-11/h5-8,10H,2-4H2,1H3. The van der Waals surface area contributed by atoms with E-state index < -0.39 is 0 Å². The maximum absolute atomic E-state index is 9.38. The SMILES string of the molecule is CC(C#N)(c1ccc(Br)cc1)C1CCC1. The van der Waals surface area contributed by atoms with Crippen molar-refractivity contribution in [1.29, 1.82) is 5.26 Å². The van der Waals surface area contributed by atoms with Crippen LogP contribution >= 0.6 is 15.9 Å². The molecule has 1 saturated carbocycles. The van der Waals surface area contributed by atoms with E-state index in [9.17, 15) is 5.26 Å². The molecule has 1 fully saturated rings. The average Bonchev–Trinajstić information content (AvgIpc) is 2.15. The molecule has 0 N–H and O–H groups in total. The molecule has 0 radical (unpaired) electrons. The number of halogens is 1. The topological polar surface area (TPSA) is 23.8 Å². The molecule has 0 aromatic heterocycles. The van der Waals surface area contributed by atoms with Gasteiger partial charge in [-0.1, -0.05) is 34.5 Å². The third-order valence-corrected chi connectivity index (χ3v) is 4.13. The Hall–Kier alpha value is -0.810. The van der Waals surface area contributed by atoms with Crippen LogP contribution in [0.4, 0.5) is 0 Å². The van der Waals surface area contributed by atoms with Gasteiger partial charge in [0.2, 0.25) is 0 Å². The smallest absolute Gasteiger partial charge is 0.0822 e. The molecule has 0 saturated heterocycles. The van der Waals surface area contributed by atoms with E-state index in [4.69, 9.17) is 0 Å². The Kier molecular flexibility index (Phi) is 2.84. The van der Waals surface area contributed by atoms with Crippen LogP contribution in [0, 0.1) is 17.2 Å². The van der Waals surface area contributed by atoms with Crippen molar-refractivity contribution in [2.45, 2.75) is 31.6 Å². The van der Waals surface area contributed by atoms with Gasteiger partial charge in [-0.3, -0.25) is 0 Å². The first kappa shape index (κ1) is 10.7. The molecule has 1 aromatic carbocycles. The van der Waals surface area contributed by atoms with Crippen LogP contribution in [0.5, 0.6) is 0 Å². The highest BCUT2D eigenvalue weighted by Gasteiger charge is 2.39. The molecule has 0 aliphatic heterocycles. The Labute approximate surface area is 99.2 Å². The summed E-state index contributed by atoms with van der Waals surface area (Å²) in [5, 5.41) is 9.38. The fourth-order valence-corrected chi connectivity index (χ4v) is 2.44. The van der Waals surface area contributed by atoms with Gasteiger partial charge in [-0.05, 0) is 43.4 Å². The van der Waals surface area contributed by atoms with E-state index in [1.54, 1.807) is 0 Å². The zero-order valence-corrected chi connectivity index (χ0v) is 10.4. The third kappa shape index (κ3) is 1.81. The lowest BCUT2D eigenvalue weighted by atomic mass is 9.64. The van der Waals surface area contributed by atoms with E-state index in [1.165, 1.54) is 19.3 Å². The minimum Gasteiger partial charge on any atom is -0.197 e. The van der Waals surface area contributed by atoms with Crippen LogP contribution < -0.4 is 0 Å². The molecule has 1 aliphatic carbocycles. The minimum atomic E-state index is -0.293. The van der Waals surface area contributed by atoms with Crippen molar-refractivity contribution >= 4 is 15.9 Å². The van der Waals surface area contributed by atoms with Gasteiger partial charge in [-0.15, -0.1) is 0 Å². The molecule has 0 heterocycles. The van der Waals surface area contributed by atoms with Gasteiger partial charge in [-0.25, -0.2) is 0 Å². The average molecular weight is 264 g/mol. The van der Waals surface area contributed by atoms with Crippen LogP contribution in [0.1, 0.15) is 31.7 Å². The second-order valence-electron chi connectivity index (χ2n) is 4.45. The fraction of sp³-hybridized carbons (Fsp3) is 0.462. The molecule has 1 aliphatic rings. The molecule has 1 unspecified atom stereocenters. The number of benzene rings is 1.